The van der Waals surface area contributed by atoms with Gasteiger partial charge in [0.05, 0.1) is 0 Å². The molecule has 1 saturated carbocycles. The van der Waals surface area contributed by atoms with Crippen molar-refractivity contribution in [1.29, 1.82) is 0 Å². The molecule has 2 rings (SSSR count). The van der Waals surface area contributed by atoms with Crippen LogP contribution in [-0.2, 0) is 0 Å². The monoisotopic (exact) mass is 273 g/mol. The third-order valence-corrected chi connectivity index (χ3v) is 3.38. The van der Waals surface area contributed by atoms with Gasteiger partial charge < -0.3 is 5.73 Å². The van der Waals surface area contributed by atoms with Gasteiger partial charge in [-0.05, 0) is 53.0 Å². The van der Waals surface area contributed by atoms with Gasteiger partial charge in [-0.2, -0.15) is 0 Å². The molecule has 0 amide bonds. The zero-order chi connectivity index (χ0) is 8.55. The third kappa shape index (κ3) is 1.64. The average molecular weight is 273 g/mol. The van der Waals surface area contributed by atoms with Crippen molar-refractivity contribution in [1.82, 2.24) is 0 Å². The molecule has 1 aliphatic carbocycles. The van der Waals surface area contributed by atoms with Crippen molar-refractivity contribution in [2.75, 3.05) is 0 Å². The van der Waals surface area contributed by atoms with Gasteiger partial charge in [0.1, 0.15) is 0 Å². The number of benzene rings is 1. The number of hydrogen-bond acceptors (Lipinski definition) is 1. The SMILES string of the molecule is NC(c1ccccc1I)C1CC1. The molecule has 1 fully saturated rings. The largest absolute Gasteiger partial charge is 0.324 e. The van der Waals surface area contributed by atoms with E-state index in [1.165, 1.54) is 22.0 Å². The van der Waals surface area contributed by atoms with Gasteiger partial charge in [-0.15, -0.1) is 0 Å². The van der Waals surface area contributed by atoms with Crippen molar-refractivity contribution >= 4 is 22.6 Å². The van der Waals surface area contributed by atoms with Gasteiger partial charge >= 0.3 is 0 Å². The number of halogens is 1. The topological polar surface area (TPSA) is 26.0 Å². The Balaban J connectivity index is 2.25. The van der Waals surface area contributed by atoms with Crippen molar-refractivity contribution in [2.45, 2.75) is 18.9 Å². The van der Waals surface area contributed by atoms with E-state index in [1.807, 2.05) is 0 Å². The van der Waals surface area contributed by atoms with E-state index in [1.54, 1.807) is 0 Å². The fourth-order valence-corrected chi connectivity index (χ4v) is 2.20. The lowest BCUT2D eigenvalue weighted by Crippen LogP contribution is -2.13. The molecular weight excluding hydrogens is 261 g/mol. The Kier molecular flexibility index (Phi) is 2.37. The van der Waals surface area contributed by atoms with Gasteiger partial charge in [0, 0.05) is 9.61 Å². The summed E-state index contributed by atoms with van der Waals surface area (Å²) in [5, 5.41) is 0. The molecule has 0 aromatic heterocycles. The lowest BCUT2D eigenvalue weighted by Gasteiger charge is -2.11. The van der Waals surface area contributed by atoms with E-state index in [-0.39, 0.29) is 6.04 Å². The Bertz CT molecular complexity index is 281. The van der Waals surface area contributed by atoms with Crippen LogP contribution in [0.3, 0.4) is 0 Å². The normalized spacial score (nSPS) is 19.2. The predicted octanol–water partition coefficient (Wildman–Crippen LogP) is 2.70. The Morgan fingerprint density at radius 2 is 2.00 bits per heavy atom. The molecule has 1 aromatic rings. The predicted molar refractivity (Wildman–Crippen MR) is 58.8 cm³/mol. The molecule has 2 heteroatoms. The molecule has 1 atom stereocenters. The van der Waals surface area contributed by atoms with Crippen molar-refractivity contribution in [3.8, 4) is 0 Å². The highest BCUT2D eigenvalue weighted by Crippen LogP contribution is 2.40. The smallest absolute Gasteiger partial charge is 0.0334 e. The van der Waals surface area contributed by atoms with Crippen LogP contribution in [0.25, 0.3) is 0 Å². The maximum atomic E-state index is 6.10. The zero-order valence-corrected chi connectivity index (χ0v) is 8.99. The fraction of sp³-hybridized carbons (Fsp3) is 0.400. The first-order valence-corrected chi connectivity index (χ1v) is 5.37. The first kappa shape index (κ1) is 8.51. The molecule has 1 nitrogen and oxygen atoms in total. The van der Waals surface area contributed by atoms with Gasteiger partial charge in [-0.1, -0.05) is 18.2 Å². The number of rotatable bonds is 2. The highest BCUT2D eigenvalue weighted by Gasteiger charge is 2.30. The van der Waals surface area contributed by atoms with Crippen LogP contribution in [0.15, 0.2) is 24.3 Å². The summed E-state index contributed by atoms with van der Waals surface area (Å²) in [6.07, 6.45) is 2.62. The summed E-state index contributed by atoms with van der Waals surface area (Å²) in [6.45, 7) is 0. The third-order valence-electron chi connectivity index (χ3n) is 2.39. The summed E-state index contributed by atoms with van der Waals surface area (Å²) in [5.41, 5.74) is 7.42. The molecular formula is C10H12IN. The summed E-state index contributed by atoms with van der Waals surface area (Å²) < 4.78 is 1.30. The van der Waals surface area contributed by atoms with E-state index in [4.69, 9.17) is 5.73 Å². The van der Waals surface area contributed by atoms with Crippen LogP contribution in [0, 0.1) is 9.49 Å². The molecule has 0 aliphatic heterocycles. The Morgan fingerprint density at radius 1 is 1.33 bits per heavy atom. The average Bonchev–Trinajstić information content (AvgIpc) is 2.86. The Labute approximate surface area is 86.5 Å². The second-order valence-corrected chi connectivity index (χ2v) is 4.55. The molecule has 0 radical (unpaired) electrons. The molecule has 0 bridgehead atoms. The van der Waals surface area contributed by atoms with Gasteiger partial charge in [0.2, 0.25) is 0 Å². The second kappa shape index (κ2) is 3.34. The van der Waals surface area contributed by atoms with Crippen LogP contribution in [0.1, 0.15) is 24.4 Å². The minimum absolute atomic E-state index is 0.276. The quantitative estimate of drug-likeness (QED) is 0.824. The van der Waals surface area contributed by atoms with Crippen LogP contribution >= 0.6 is 22.6 Å². The van der Waals surface area contributed by atoms with Crippen LogP contribution in [0.5, 0.6) is 0 Å². The molecule has 2 N–H and O–H groups in total. The van der Waals surface area contributed by atoms with Crippen molar-refractivity contribution in [3.63, 3.8) is 0 Å². The highest BCUT2D eigenvalue weighted by molar-refractivity contribution is 14.1. The summed E-state index contributed by atoms with van der Waals surface area (Å²) in [5.74, 6) is 0.751. The maximum Gasteiger partial charge on any atom is 0.0334 e. The molecule has 1 unspecified atom stereocenters. The molecule has 1 aromatic carbocycles. The first-order chi connectivity index (χ1) is 5.79. The van der Waals surface area contributed by atoms with Gasteiger partial charge in [-0.25, -0.2) is 0 Å². The van der Waals surface area contributed by atoms with Gasteiger partial charge in [0.15, 0.2) is 0 Å². The highest BCUT2D eigenvalue weighted by atomic mass is 127. The van der Waals surface area contributed by atoms with E-state index < -0.39 is 0 Å². The molecule has 64 valence electrons. The minimum atomic E-state index is 0.276. The molecule has 0 heterocycles. The fourth-order valence-electron chi connectivity index (χ4n) is 1.45. The summed E-state index contributed by atoms with van der Waals surface area (Å²) in [4.78, 5) is 0. The lowest BCUT2D eigenvalue weighted by molar-refractivity contribution is 0.630. The Morgan fingerprint density at radius 3 is 2.58 bits per heavy atom. The van der Waals surface area contributed by atoms with Crippen molar-refractivity contribution in [3.05, 3.63) is 33.4 Å². The van der Waals surface area contributed by atoms with E-state index in [0.717, 1.165) is 5.92 Å². The lowest BCUT2D eigenvalue weighted by atomic mass is 10.0. The molecule has 1 aliphatic rings. The first-order valence-electron chi connectivity index (χ1n) is 4.29. The Hall–Kier alpha value is -0.0900. The van der Waals surface area contributed by atoms with Crippen LogP contribution in [-0.4, -0.2) is 0 Å². The minimum Gasteiger partial charge on any atom is -0.324 e. The maximum absolute atomic E-state index is 6.10. The van der Waals surface area contributed by atoms with Crippen LogP contribution < -0.4 is 5.73 Å². The van der Waals surface area contributed by atoms with Gasteiger partial charge in [-0.3, -0.25) is 0 Å². The number of nitrogens with two attached hydrogens (primary N) is 1. The summed E-state index contributed by atoms with van der Waals surface area (Å²) in [6, 6.07) is 8.67. The van der Waals surface area contributed by atoms with Crippen LogP contribution in [0.4, 0.5) is 0 Å². The molecule has 0 saturated heterocycles. The standard InChI is InChI=1S/C10H12IN/c11-9-4-2-1-3-8(9)10(12)7-5-6-7/h1-4,7,10H,5-6,12H2. The molecule has 0 spiro atoms. The van der Waals surface area contributed by atoms with E-state index >= 15 is 0 Å². The van der Waals surface area contributed by atoms with Crippen molar-refractivity contribution in [2.24, 2.45) is 11.7 Å². The van der Waals surface area contributed by atoms with E-state index in [2.05, 4.69) is 46.9 Å². The summed E-state index contributed by atoms with van der Waals surface area (Å²) in [7, 11) is 0. The van der Waals surface area contributed by atoms with Crippen molar-refractivity contribution < 1.29 is 0 Å². The second-order valence-electron chi connectivity index (χ2n) is 3.38. The van der Waals surface area contributed by atoms with Crippen LogP contribution in [0.2, 0.25) is 0 Å². The summed E-state index contributed by atoms with van der Waals surface area (Å²) >= 11 is 2.36. The van der Waals surface area contributed by atoms with E-state index in [0.29, 0.717) is 0 Å². The zero-order valence-electron chi connectivity index (χ0n) is 6.83. The molecule has 12 heavy (non-hydrogen) atoms. The number of hydrogen-bond donors (Lipinski definition) is 1. The van der Waals surface area contributed by atoms with Gasteiger partial charge in [0.25, 0.3) is 0 Å². The van der Waals surface area contributed by atoms with E-state index in [9.17, 15) is 0 Å².